The van der Waals surface area contributed by atoms with Gasteiger partial charge in [0, 0.05) is 43.7 Å². The molecule has 2 aromatic rings. The first kappa shape index (κ1) is 23.0. The average Bonchev–Trinajstić information content (AvgIpc) is 2.79. The highest BCUT2D eigenvalue weighted by atomic mass is 32.2. The van der Waals surface area contributed by atoms with Gasteiger partial charge in [-0.05, 0) is 38.2 Å². The number of hydrogen-bond donors (Lipinski definition) is 2. The van der Waals surface area contributed by atoms with Gasteiger partial charge in [0.25, 0.3) is 10.2 Å². The number of aliphatic hydroxyl groups excluding tert-OH is 1. The highest BCUT2D eigenvalue weighted by molar-refractivity contribution is 7.87. The Labute approximate surface area is 188 Å². The van der Waals surface area contributed by atoms with Crippen LogP contribution in [0.4, 0.5) is 5.82 Å². The molecule has 10 nitrogen and oxygen atoms in total. The summed E-state index contributed by atoms with van der Waals surface area (Å²) in [6, 6.07) is 3.65. The molecule has 3 heterocycles. The lowest BCUT2D eigenvalue weighted by Gasteiger charge is -2.37. The first-order chi connectivity index (χ1) is 15.3. The van der Waals surface area contributed by atoms with Gasteiger partial charge in [-0.3, -0.25) is 0 Å². The highest BCUT2D eigenvalue weighted by Gasteiger charge is 2.34. The maximum atomic E-state index is 12.3. The van der Waals surface area contributed by atoms with Crippen LogP contribution in [0.5, 0.6) is 11.5 Å². The Morgan fingerprint density at radius 1 is 1.12 bits per heavy atom. The SMILES string of the molecule is COc1cc2ncnc(N3CCC(C(O)CN4CCC(C)NS4(=O)=O)CC3)c2cc1OC. The monoisotopic (exact) mass is 465 g/mol. The molecule has 0 aliphatic carbocycles. The van der Waals surface area contributed by atoms with Crippen molar-refractivity contribution in [2.75, 3.05) is 45.3 Å². The zero-order chi connectivity index (χ0) is 22.9. The van der Waals surface area contributed by atoms with E-state index in [4.69, 9.17) is 9.47 Å². The fraction of sp³-hybridized carbons (Fsp3) is 0.619. The van der Waals surface area contributed by atoms with Crippen molar-refractivity contribution in [1.29, 1.82) is 0 Å². The third kappa shape index (κ3) is 4.61. The van der Waals surface area contributed by atoms with Crippen molar-refractivity contribution in [1.82, 2.24) is 19.0 Å². The Kier molecular flexibility index (Phi) is 6.70. The third-order valence-electron chi connectivity index (χ3n) is 6.40. The van der Waals surface area contributed by atoms with Gasteiger partial charge in [-0.1, -0.05) is 0 Å². The van der Waals surface area contributed by atoms with Crippen molar-refractivity contribution in [3.8, 4) is 11.5 Å². The van der Waals surface area contributed by atoms with E-state index in [9.17, 15) is 13.5 Å². The van der Waals surface area contributed by atoms with Crippen LogP contribution in [0, 0.1) is 5.92 Å². The molecule has 2 N–H and O–H groups in total. The van der Waals surface area contributed by atoms with Crippen LogP contribution in [-0.2, 0) is 10.2 Å². The van der Waals surface area contributed by atoms with Crippen LogP contribution >= 0.6 is 0 Å². The van der Waals surface area contributed by atoms with Crippen LogP contribution in [0.15, 0.2) is 18.5 Å². The number of hydrogen-bond acceptors (Lipinski definition) is 8. The Morgan fingerprint density at radius 3 is 2.47 bits per heavy atom. The smallest absolute Gasteiger partial charge is 0.279 e. The Bertz CT molecular complexity index is 1060. The summed E-state index contributed by atoms with van der Waals surface area (Å²) >= 11 is 0. The molecular formula is C21H31N5O5S. The second-order valence-electron chi connectivity index (χ2n) is 8.48. The van der Waals surface area contributed by atoms with Crippen molar-refractivity contribution in [2.45, 2.75) is 38.3 Å². The Balaban J connectivity index is 1.44. The van der Waals surface area contributed by atoms with E-state index in [0.717, 1.165) is 36.0 Å². The predicted octanol–water partition coefficient (Wildman–Crippen LogP) is 1.15. The minimum atomic E-state index is -3.52. The normalized spacial score (nSPS) is 23.2. The fourth-order valence-corrected chi connectivity index (χ4v) is 5.98. The van der Waals surface area contributed by atoms with Gasteiger partial charge in [-0.25, -0.2) is 9.97 Å². The van der Waals surface area contributed by atoms with Crippen molar-refractivity contribution in [3.05, 3.63) is 18.5 Å². The molecule has 0 saturated carbocycles. The number of piperidine rings is 1. The number of fused-ring (bicyclic) bond motifs is 1. The first-order valence-electron chi connectivity index (χ1n) is 10.9. The van der Waals surface area contributed by atoms with Crippen LogP contribution < -0.4 is 19.1 Å². The summed E-state index contributed by atoms with van der Waals surface area (Å²) in [5, 5.41) is 11.6. The molecule has 176 valence electrons. The van der Waals surface area contributed by atoms with E-state index in [1.54, 1.807) is 20.5 Å². The molecule has 0 amide bonds. The highest BCUT2D eigenvalue weighted by Crippen LogP contribution is 2.36. The maximum absolute atomic E-state index is 12.3. The van der Waals surface area contributed by atoms with Gasteiger partial charge < -0.3 is 19.5 Å². The van der Waals surface area contributed by atoms with Gasteiger partial charge in [0.05, 0.1) is 25.8 Å². The minimum Gasteiger partial charge on any atom is -0.493 e. The molecule has 0 bridgehead atoms. The first-order valence-corrected chi connectivity index (χ1v) is 12.3. The summed E-state index contributed by atoms with van der Waals surface area (Å²) in [6.07, 6.45) is 3.07. The summed E-state index contributed by atoms with van der Waals surface area (Å²) in [7, 11) is -0.336. The Hall–Kier alpha value is -2.21. The fourth-order valence-electron chi connectivity index (χ4n) is 4.51. The van der Waals surface area contributed by atoms with Gasteiger partial charge in [0.15, 0.2) is 11.5 Å². The van der Waals surface area contributed by atoms with Crippen LogP contribution in [0.2, 0.25) is 0 Å². The lowest BCUT2D eigenvalue weighted by Crippen LogP contribution is -2.54. The van der Waals surface area contributed by atoms with E-state index in [-0.39, 0.29) is 18.5 Å². The molecule has 2 fully saturated rings. The topological polar surface area (TPSA) is 117 Å². The number of aliphatic hydroxyl groups is 1. The molecule has 0 spiro atoms. The van der Waals surface area contributed by atoms with Crippen molar-refractivity contribution < 1.29 is 23.0 Å². The van der Waals surface area contributed by atoms with Crippen molar-refractivity contribution in [2.24, 2.45) is 5.92 Å². The zero-order valence-electron chi connectivity index (χ0n) is 18.7. The lowest BCUT2D eigenvalue weighted by atomic mass is 9.91. The third-order valence-corrected chi connectivity index (χ3v) is 8.11. The average molecular weight is 466 g/mol. The number of benzene rings is 1. The van der Waals surface area contributed by atoms with Crippen molar-refractivity contribution in [3.63, 3.8) is 0 Å². The minimum absolute atomic E-state index is 0.0310. The van der Waals surface area contributed by atoms with E-state index in [0.29, 0.717) is 31.1 Å². The molecule has 2 atom stereocenters. The molecule has 2 aliphatic rings. The number of aromatic nitrogens is 2. The summed E-state index contributed by atoms with van der Waals surface area (Å²) in [6.45, 7) is 3.84. The lowest BCUT2D eigenvalue weighted by molar-refractivity contribution is 0.0716. The number of methoxy groups -OCH3 is 2. The van der Waals surface area contributed by atoms with Crippen molar-refractivity contribution >= 4 is 26.9 Å². The van der Waals surface area contributed by atoms with Crippen LogP contribution in [0.3, 0.4) is 0 Å². The molecule has 2 aliphatic heterocycles. The number of nitrogens with one attached hydrogen (secondary N) is 1. The molecule has 1 aromatic carbocycles. The number of ether oxygens (including phenoxy) is 2. The van der Waals surface area contributed by atoms with Crippen LogP contribution in [0.25, 0.3) is 10.9 Å². The van der Waals surface area contributed by atoms with Gasteiger partial charge >= 0.3 is 0 Å². The molecule has 4 rings (SSSR count). The van der Waals surface area contributed by atoms with Gasteiger partial charge in [-0.2, -0.15) is 17.4 Å². The second kappa shape index (κ2) is 9.34. The van der Waals surface area contributed by atoms with E-state index >= 15 is 0 Å². The van der Waals surface area contributed by atoms with E-state index in [1.165, 1.54) is 4.31 Å². The summed E-state index contributed by atoms with van der Waals surface area (Å²) in [5.74, 6) is 2.08. The number of nitrogens with zero attached hydrogens (tertiary/aromatic N) is 4. The predicted molar refractivity (Wildman–Crippen MR) is 121 cm³/mol. The second-order valence-corrected chi connectivity index (χ2v) is 10.2. The number of β-amino-alcohol motifs (C(OH)–C–C–N with tert-alkyl or cyclic N) is 1. The largest absolute Gasteiger partial charge is 0.493 e. The standard InChI is InChI=1S/C21H31N5O5S/c1-14-4-9-26(32(28,29)24-14)12-18(27)15-5-7-25(8-6-15)21-16-10-19(30-2)20(31-3)11-17(16)22-13-23-21/h10-11,13-15,18,24,27H,4-9,12H2,1-3H3. The maximum Gasteiger partial charge on any atom is 0.279 e. The zero-order valence-corrected chi connectivity index (χ0v) is 19.5. The summed E-state index contributed by atoms with van der Waals surface area (Å²) in [4.78, 5) is 11.1. The van der Waals surface area contributed by atoms with E-state index < -0.39 is 16.3 Å². The molecule has 32 heavy (non-hydrogen) atoms. The quantitative estimate of drug-likeness (QED) is 0.653. The van der Waals surface area contributed by atoms with Crippen LogP contribution in [0.1, 0.15) is 26.2 Å². The van der Waals surface area contributed by atoms with Gasteiger partial charge in [0.1, 0.15) is 12.1 Å². The van der Waals surface area contributed by atoms with Gasteiger partial charge in [0.2, 0.25) is 0 Å². The number of rotatable bonds is 6. The Morgan fingerprint density at radius 2 is 1.81 bits per heavy atom. The molecular weight excluding hydrogens is 434 g/mol. The number of anilines is 1. The summed E-state index contributed by atoms with van der Waals surface area (Å²) in [5.41, 5.74) is 0.770. The van der Waals surface area contributed by atoms with E-state index in [2.05, 4.69) is 19.6 Å². The molecule has 1 aromatic heterocycles. The molecule has 2 saturated heterocycles. The molecule has 0 radical (unpaired) electrons. The van der Waals surface area contributed by atoms with Crippen LogP contribution in [-0.4, -0.2) is 80.3 Å². The summed E-state index contributed by atoms with van der Waals surface area (Å²) < 4.78 is 39.5. The molecule has 11 heteroatoms. The molecule has 2 unspecified atom stereocenters. The van der Waals surface area contributed by atoms with Gasteiger partial charge in [-0.15, -0.1) is 0 Å². The van der Waals surface area contributed by atoms with E-state index in [1.807, 2.05) is 19.1 Å².